The quantitative estimate of drug-likeness (QED) is 0.311. The van der Waals surface area contributed by atoms with Gasteiger partial charge in [0.2, 0.25) is 0 Å². The second-order valence-corrected chi connectivity index (χ2v) is 7.56. The summed E-state index contributed by atoms with van der Waals surface area (Å²) in [5, 5.41) is 37.1. The van der Waals surface area contributed by atoms with Gasteiger partial charge in [0, 0.05) is 5.56 Å². The van der Waals surface area contributed by atoms with E-state index in [2.05, 4.69) is 0 Å². The third kappa shape index (κ3) is 4.82. The van der Waals surface area contributed by atoms with Crippen molar-refractivity contribution in [2.45, 2.75) is 6.29 Å². The van der Waals surface area contributed by atoms with Crippen LogP contribution in [0.15, 0.2) is 91.0 Å². The summed E-state index contributed by atoms with van der Waals surface area (Å²) in [5.74, 6) is -2.00. The molecule has 4 aromatic carbocycles. The van der Waals surface area contributed by atoms with Gasteiger partial charge in [-0.15, -0.1) is 0 Å². The van der Waals surface area contributed by atoms with E-state index in [9.17, 15) is 30.0 Å². The Labute approximate surface area is 189 Å². The lowest BCUT2D eigenvalue weighted by atomic mass is 9.92. The smallest absolute Gasteiger partial charge is 0.335 e. The number of hydrogen-bond acceptors (Lipinski definition) is 4. The molecule has 0 aliphatic carbocycles. The molecule has 0 atom stereocenters. The average Bonchev–Trinajstić information content (AvgIpc) is 2.84. The van der Waals surface area contributed by atoms with E-state index in [4.69, 9.17) is 0 Å². The minimum Gasteiger partial charge on any atom is -0.478 e. The van der Waals surface area contributed by atoms with Crippen molar-refractivity contribution in [2.24, 2.45) is 0 Å². The Morgan fingerprint density at radius 3 is 1.06 bits per heavy atom. The summed E-state index contributed by atoms with van der Waals surface area (Å²) in [6, 6.07) is 25.9. The van der Waals surface area contributed by atoms with Crippen molar-refractivity contribution in [1.82, 2.24) is 0 Å². The van der Waals surface area contributed by atoms with Gasteiger partial charge >= 0.3 is 11.9 Å². The number of aromatic carboxylic acids is 2. The summed E-state index contributed by atoms with van der Waals surface area (Å²) < 4.78 is 0. The molecule has 0 aromatic heterocycles. The number of carboxylic acid groups (broad SMARTS) is 2. The predicted molar refractivity (Wildman–Crippen MR) is 124 cm³/mol. The van der Waals surface area contributed by atoms with Gasteiger partial charge in [0.1, 0.15) is 0 Å². The van der Waals surface area contributed by atoms with E-state index in [0.29, 0.717) is 5.56 Å². The molecular weight excluding hydrogens is 420 g/mol. The SMILES string of the molecule is O=C(O)c1ccc(-c2cc(-c3ccc(C(=O)O)cc3)cc(-c3ccc(C(O)O)cc3)c2)cc1. The lowest BCUT2D eigenvalue weighted by Crippen LogP contribution is -1.96. The first-order valence-corrected chi connectivity index (χ1v) is 10.1. The van der Waals surface area contributed by atoms with E-state index in [0.717, 1.165) is 33.4 Å². The van der Waals surface area contributed by atoms with Crippen molar-refractivity contribution in [3.63, 3.8) is 0 Å². The summed E-state index contributed by atoms with van der Waals surface area (Å²) in [6.45, 7) is 0. The van der Waals surface area contributed by atoms with Gasteiger partial charge in [-0.3, -0.25) is 0 Å². The summed E-state index contributed by atoms with van der Waals surface area (Å²) in [5.41, 5.74) is 5.85. The lowest BCUT2D eigenvalue weighted by Gasteiger charge is -2.12. The minimum absolute atomic E-state index is 0.192. The Balaban J connectivity index is 1.83. The highest BCUT2D eigenvalue weighted by molar-refractivity contribution is 5.90. The fourth-order valence-corrected chi connectivity index (χ4v) is 3.59. The Bertz CT molecular complexity index is 1230. The van der Waals surface area contributed by atoms with E-state index in [1.54, 1.807) is 72.8 Å². The molecule has 0 saturated carbocycles. The van der Waals surface area contributed by atoms with Crippen LogP contribution in [0, 0.1) is 0 Å². The van der Waals surface area contributed by atoms with Crippen LogP contribution in [0.1, 0.15) is 32.6 Å². The summed E-state index contributed by atoms with van der Waals surface area (Å²) in [4.78, 5) is 22.4. The van der Waals surface area contributed by atoms with Crippen LogP contribution >= 0.6 is 0 Å². The fraction of sp³-hybridized carbons (Fsp3) is 0.0370. The molecule has 4 rings (SSSR count). The number of aliphatic hydroxyl groups is 2. The van der Waals surface area contributed by atoms with Gasteiger partial charge in [0.05, 0.1) is 11.1 Å². The highest BCUT2D eigenvalue weighted by atomic mass is 16.5. The number of hydrogen-bond donors (Lipinski definition) is 4. The number of carbonyl (C=O) groups is 2. The summed E-state index contributed by atoms with van der Waals surface area (Å²) >= 11 is 0. The molecule has 0 aliphatic heterocycles. The lowest BCUT2D eigenvalue weighted by molar-refractivity contribution is -0.0424. The molecule has 0 bridgehead atoms. The molecule has 0 heterocycles. The van der Waals surface area contributed by atoms with Gasteiger partial charge in [-0.05, 0) is 75.8 Å². The van der Waals surface area contributed by atoms with Crippen molar-refractivity contribution >= 4 is 11.9 Å². The highest BCUT2D eigenvalue weighted by Crippen LogP contribution is 2.33. The largest absolute Gasteiger partial charge is 0.478 e. The van der Waals surface area contributed by atoms with Crippen LogP contribution in [0.3, 0.4) is 0 Å². The molecule has 0 saturated heterocycles. The molecule has 6 nitrogen and oxygen atoms in total. The second-order valence-electron chi connectivity index (χ2n) is 7.56. The summed E-state index contributed by atoms with van der Waals surface area (Å²) in [7, 11) is 0. The zero-order valence-electron chi connectivity index (χ0n) is 17.3. The standard InChI is InChI=1S/C27H20O6/c28-25(29)19-7-1-16(2-8-19)22-13-23(17-3-9-20(10-4-17)26(30)31)15-24(14-22)18-5-11-21(12-6-18)27(32)33/h1-15,25,28-29H,(H,30,31)(H,32,33). The molecular formula is C27H20O6. The van der Waals surface area contributed by atoms with Crippen LogP contribution < -0.4 is 0 Å². The Hall–Kier alpha value is -4.26. The molecule has 6 heteroatoms. The molecule has 0 amide bonds. The van der Waals surface area contributed by atoms with Crippen molar-refractivity contribution in [3.8, 4) is 33.4 Å². The topological polar surface area (TPSA) is 115 Å². The zero-order valence-corrected chi connectivity index (χ0v) is 17.3. The van der Waals surface area contributed by atoms with E-state index < -0.39 is 18.2 Å². The Morgan fingerprint density at radius 2 is 0.788 bits per heavy atom. The van der Waals surface area contributed by atoms with Gasteiger partial charge < -0.3 is 20.4 Å². The van der Waals surface area contributed by atoms with Crippen LogP contribution in [0.5, 0.6) is 0 Å². The molecule has 4 aromatic rings. The fourth-order valence-electron chi connectivity index (χ4n) is 3.59. The molecule has 0 aliphatic rings. The first-order chi connectivity index (χ1) is 15.8. The number of carboxylic acids is 2. The third-order valence-corrected chi connectivity index (χ3v) is 5.41. The van der Waals surface area contributed by atoms with E-state index in [-0.39, 0.29) is 11.1 Å². The molecule has 0 fully saturated rings. The molecule has 33 heavy (non-hydrogen) atoms. The molecule has 4 N–H and O–H groups in total. The number of aliphatic hydroxyl groups excluding tert-OH is 1. The summed E-state index contributed by atoms with van der Waals surface area (Å²) in [6.07, 6.45) is -1.55. The van der Waals surface area contributed by atoms with Crippen molar-refractivity contribution in [2.75, 3.05) is 0 Å². The average molecular weight is 440 g/mol. The number of rotatable bonds is 6. The highest BCUT2D eigenvalue weighted by Gasteiger charge is 2.11. The van der Waals surface area contributed by atoms with Crippen LogP contribution in [0.4, 0.5) is 0 Å². The van der Waals surface area contributed by atoms with Gasteiger partial charge in [-0.2, -0.15) is 0 Å². The van der Waals surface area contributed by atoms with Crippen molar-refractivity contribution < 1.29 is 30.0 Å². The first-order valence-electron chi connectivity index (χ1n) is 10.1. The maximum absolute atomic E-state index is 11.2. The van der Waals surface area contributed by atoms with Crippen LogP contribution in [0.25, 0.3) is 33.4 Å². The maximum atomic E-state index is 11.2. The van der Waals surface area contributed by atoms with E-state index >= 15 is 0 Å². The first kappa shape index (κ1) is 22.0. The molecule has 0 spiro atoms. The van der Waals surface area contributed by atoms with Crippen LogP contribution in [0.2, 0.25) is 0 Å². The van der Waals surface area contributed by atoms with Gasteiger partial charge in [-0.1, -0.05) is 48.5 Å². The van der Waals surface area contributed by atoms with Crippen LogP contribution in [-0.2, 0) is 0 Å². The Morgan fingerprint density at radius 1 is 0.485 bits per heavy atom. The second kappa shape index (κ2) is 9.08. The number of benzene rings is 4. The Kier molecular flexibility index (Phi) is 6.04. The van der Waals surface area contributed by atoms with E-state index in [1.165, 1.54) is 0 Å². The van der Waals surface area contributed by atoms with Gasteiger partial charge in [0.15, 0.2) is 6.29 Å². The predicted octanol–water partition coefficient (Wildman–Crippen LogP) is 5.07. The normalized spacial score (nSPS) is 10.9. The molecule has 0 radical (unpaired) electrons. The monoisotopic (exact) mass is 440 g/mol. The molecule has 0 unspecified atom stereocenters. The molecule has 164 valence electrons. The van der Waals surface area contributed by atoms with Crippen LogP contribution in [-0.4, -0.2) is 32.4 Å². The van der Waals surface area contributed by atoms with Gasteiger partial charge in [-0.25, -0.2) is 9.59 Å². The van der Waals surface area contributed by atoms with Crippen molar-refractivity contribution in [3.05, 3.63) is 108 Å². The van der Waals surface area contributed by atoms with Gasteiger partial charge in [0.25, 0.3) is 0 Å². The van der Waals surface area contributed by atoms with E-state index in [1.807, 2.05) is 18.2 Å². The maximum Gasteiger partial charge on any atom is 0.335 e. The minimum atomic E-state index is -1.55. The zero-order chi connectivity index (χ0) is 23.5. The van der Waals surface area contributed by atoms with Crippen molar-refractivity contribution in [1.29, 1.82) is 0 Å². The third-order valence-electron chi connectivity index (χ3n) is 5.41.